The van der Waals surface area contributed by atoms with Gasteiger partial charge in [0.05, 0.1) is 0 Å². The average molecular weight is 136 g/mol. The van der Waals surface area contributed by atoms with Gasteiger partial charge in [0.25, 0.3) is 0 Å². The zero-order chi connectivity index (χ0) is 7.14. The third-order valence-electron chi connectivity index (χ3n) is 2.22. The van der Waals surface area contributed by atoms with Gasteiger partial charge in [-0.15, -0.1) is 0 Å². The summed E-state index contributed by atoms with van der Waals surface area (Å²) < 4.78 is 0. The lowest BCUT2D eigenvalue weighted by Gasteiger charge is -2.15. The second-order valence-corrected chi connectivity index (χ2v) is 2.82. The molecule has 2 heteroatoms. The maximum Gasteiger partial charge on any atom is 0.229 e. The van der Waals surface area contributed by atoms with Crippen molar-refractivity contribution in [3.63, 3.8) is 0 Å². The number of hydrogen-bond acceptors (Lipinski definition) is 2. The third kappa shape index (κ3) is 0.537. The van der Waals surface area contributed by atoms with Crippen molar-refractivity contribution >= 4 is 0 Å². The molecule has 0 radical (unpaired) electrons. The van der Waals surface area contributed by atoms with Crippen molar-refractivity contribution in [3.8, 4) is 0 Å². The van der Waals surface area contributed by atoms with Gasteiger partial charge in [0.2, 0.25) is 10.9 Å². The summed E-state index contributed by atoms with van der Waals surface area (Å²) in [6, 6.07) is 0. The van der Waals surface area contributed by atoms with Crippen LogP contribution >= 0.6 is 0 Å². The highest BCUT2D eigenvalue weighted by Crippen LogP contribution is 2.15. The summed E-state index contributed by atoms with van der Waals surface area (Å²) in [4.78, 5) is 21.6. The molecule has 2 nitrogen and oxygen atoms in total. The fraction of sp³-hybridized carbons (Fsp3) is 0.500. The highest BCUT2D eigenvalue weighted by Gasteiger charge is 2.22. The molecule has 1 aliphatic rings. The van der Waals surface area contributed by atoms with Crippen LogP contribution in [0.5, 0.6) is 0 Å². The molecular formula is C8H8O2. The summed E-state index contributed by atoms with van der Waals surface area (Å²) in [5, 5.41) is 0. The maximum absolute atomic E-state index is 10.8. The van der Waals surface area contributed by atoms with Crippen LogP contribution in [0.25, 0.3) is 0 Å². The van der Waals surface area contributed by atoms with E-state index in [1.807, 2.05) is 0 Å². The zero-order valence-electron chi connectivity index (χ0n) is 5.64. The van der Waals surface area contributed by atoms with Crippen molar-refractivity contribution in [2.24, 2.45) is 0 Å². The summed E-state index contributed by atoms with van der Waals surface area (Å²) in [6.45, 7) is 0. The van der Waals surface area contributed by atoms with Crippen molar-refractivity contribution in [2.75, 3.05) is 0 Å². The monoisotopic (exact) mass is 136 g/mol. The Kier molecular flexibility index (Phi) is 1.04. The van der Waals surface area contributed by atoms with Crippen LogP contribution in [0.15, 0.2) is 9.59 Å². The lowest BCUT2D eigenvalue weighted by molar-refractivity contribution is 0.663. The first-order valence-electron chi connectivity index (χ1n) is 3.62. The van der Waals surface area contributed by atoms with E-state index in [4.69, 9.17) is 0 Å². The highest BCUT2D eigenvalue weighted by atomic mass is 16.2. The largest absolute Gasteiger partial charge is 0.285 e. The molecule has 0 amide bonds. The van der Waals surface area contributed by atoms with Crippen LogP contribution in [0.4, 0.5) is 0 Å². The molecule has 0 unspecified atom stereocenters. The Labute approximate surface area is 58.2 Å². The van der Waals surface area contributed by atoms with E-state index >= 15 is 0 Å². The first-order chi connectivity index (χ1) is 4.80. The molecule has 0 saturated heterocycles. The van der Waals surface area contributed by atoms with Gasteiger partial charge in [-0.25, -0.2) is 0 Å². The fourth-order valence-corrected chi connectivity index (χ4v) is 1.62. The van der Waals surface area contributed by atoms with E-state index in [9.17, 15) is 9.59 Å². The molecule has 52 valence electrons. The van der Waals surface area contributed by atoms with Gasteiger partial charge < -0.3 is 0 Å². The van der Waals surface area contributed by atoms with Gasteiger partial charge in [-0.1, -0.05) is 0 Å². The third-order valence-corrected chi connectivity index (χ3v) is 2.22. The van der Waals surface area contributed by atoms with Crippen molar-refractivity contribution in [3.05, 3.63) is 31.6 Å². The van der Waals surface area contributed by atoms with Gasteiger partial charge >= 0.3 is 0 Å². The molecule has 1 aromatic rings. The van der Waals surface area contributed by atoms with E-state index in [0.717, 1.165) is 36.8 Å². The molecule has 0 atom stereocenters. The molecule has 1 aliphatic carbocycles. The van der Waals surface area contributed by atoms with Gasteiger partial charge in [0, 0.05) is 11.1 Å². The fourth-order valence-electron chi connectivity index (χ4n) is 1.62. The smallest absolute Gasteiger partial charge is 0.229 e. The average Bonchev–Trinajstić information content (AvgIpc) is 2.03. The van der Waals surface area contributed by atoms with Gasteiger partial charge in [-0.2, -0.15) is 0 Å². The van der Waals surface area contributed by atoms with E-state index in [-0.39, 0.29) is 10.9 Å². The molecule has 2 rings (SSSR count). The van der Waals surface area contributed by atoms with E-state index < -0.39 is 0 Å². The Morgan fingerprint density at radius 1 is 0.800 bits per heavy atom. The number of hydrogen-bond donors (Lipinski definition) is 0. The summed E-state index contributed by atoms with van der Waals surface area (Å²) >= 11 is 0. The van der Waals surface area contributed by atoms with Crippen LogP contribution in [0, 0.1) is 0 Å². The Balaban J connectivity index is 2.56. The van der Waals surface area contributed by atoms with Crippen LogP contribution in [0.1, 0.15) is 24.0 Å². The molecule has 0 heterocycles. The summed E-state index contributed by atoms with van der Waals surface area (Å²) in [7, 11) is 0. The molecular weight excluding hydrogens is 128 g/mol. The van der Waals surface area contributed by atoms with Gasteiger partial charge in [0.1, 0.15) is 0 Å². The second-order valence-electron chi connectivity index (χ2n) is 2.82. The summed E-state index contributed by atoms with van der Waals surface area (Å²) in [5.74, 6) is 0. The molecule has 0 spiro atoms. The SMILES string of the molecule is O=c1c2c(c1=O)CCCC2. The number of rotatable bonds is 0. The second kappa shape index (κ2) is 1.78. The zero-order valence-corrected chi connectivity index (χ0v) is 5.64. The maximum atomic E-state index is 10.8. The van der Waals surface area contributed by atoms with Crippen LogP contribution in [-0.2, 0) is 12.8 Å². The van der Waals surface area contributed by atoms with Crippen LogP contribution in [0.3, 0.4) is 0 Å². The lowest BCUT2D eigenvalue weighted by Crippen LogP contribution is -2.41. The molecule has 0 bridgehead atoms. The molecule has 1 aromatic carbocycles. The summed E-state index contributed by atoms with van der Waals surface area (Å²) in [6.07, 6.45) is 3.86. The van der Waals surface area contributed by atoms with Crippen molar-refractivity contribution in [1.29, 1.82) is 0 Å². The van der Waals surface area contributed by atoms with E-state index in [1.54, 1.807) is 0 Å². The van der Waals surface area contributed by atoms with Crippen molar-refractivity contribution in [1.82, 2.24) is 0 Å². The van der Waals surface area contributed by atoms with Gasteiger partial charge in [-0.3, -0.25) is 9.59 Å². The Morgan fingerprint density at radius 3 is 1.60 bits per heavy atom. The lowest BCUT2D eigenvalue weighted by atomic mass is 9.87. The molecule has 10 heavy (non-hydrogen) atoms. The topological polar surface area (TPSA) is 34.1 Å². The highest BCUT2D eigenvalue weighted by molar-refractivity contribution is 5.34. The predicted octanol–water partition coefficient (Wildman–Crippen LogP) is 0.161. The molecule has 0 N–H and O–H groups in total. The minimum Gasteiger partial charge on any atom is -0.285 e. The Bertz CT molecular complexity index is 295. The number of fused-ring (bicyclic) bond motifs is 1. The Hall–Kier alpha value is -0.920. The van der Waals surface area contributed by atoms with E-state index in [2.05, 4.69) is 0 Å². The van der Waals surface area contributed by atoms with Crippen LogP contribution in [-0.4, -0.2) is 0 Å². The minimum atomic E-state index is -0.213. The quantitative estimate of drug-likeness (QED) is 0.476. The summed E-state index contributed by atoms with van der Waals surface area (Å²) in [5.41, 5.74) is 1.23. The van der Waals surface area contributed by atoms with Crippen LogP contribution in [0.2, 0.25) is 0 Å². The van der Waals surface area contributed by atoms with Crippen LogP contribution < -0.4 is 10.9 Å². The molecule has 0 aromatic heterocycles. The van der Waals surface area contributed by atoms with E-state index in [0.29, 0.717) is 0 Å². The first kappa shape index (κ1) is 5.83. The van der Waals surface area contributed by atoms with Crippen molar-refractivity contribution in [2.45, 2.75) is 25.7 Å². The minimum absolute atomic E-state index is 0.213. The normalized spacial score (nSPS) is 17.2. The van der Waals surface area contributed by atoms with Crippen molar-refractivity contribution < 1.29 is 0 Å². The Morgan fingerprint density at radius 2 is 1.20 bits per heavy atom. The predicted molar refractivity (Wildman–Crippen MR) is 38.0 cm³/mol. The van der Waals surface area contributed by atoms with E-state index in [1.165, 1.54) is 0 Å². The van der Waals surface area contributed by atoms with Gasteiger partial charge in [-0.05, 0) is 25.7 Å². The molecule has 0 fully saturated rings. The standard InChI is InChI=1S/C8H8O2/c9-7-5-3-1-2-4-6(5)8(7)10/h1-4H2. The van der Waals surface area contributed by atoms with Gasteiger partial charge in [0.15, 0.2) is 0 Å². The molecule has 0 saturated carbocycles. The first-order valence-corrected chi connectivity index (χ1v) is 3.62. The molecule has 0 aliphatic heterocycles.